The van der Waals surface area contributed by atoms with E-state index in [1.54, 1.807) is 51.1 Å². The Morgan fingerprint density at radius 2 is 1.80 bits per heavy atom. The molecule has 7 nitrogen and oxygen atoms in total. The summed E-state index contributed by atoms with van der Waals surface area (Å²) >= 11 is 6.05. The van der Waals surface area contributed by atoms with Gasteiger partial charge in [-0.05, 0) is 58.0 Å². The Morgan fingerprint density at radius 1 is 1.17 bits per heavy atom. The minimum atomic E-state index is -3.99. The molecule has 0 unspecified atom stereocenters. The molecule has 164 valence electrons. The highest BCUT2D eigenvalue weighted by molar-refractivity contribution is 7.86. The molecule has 0 radical (unpaired) electrons. The number of nitrogens with two attached hydrogens (primary N) is 1. The van der Waals surface area contributed by atoms with Crippen molar-refractivity contribution in [3.8, 4) is 0 Å². The summed E-state index contributed by atoms with van der Waals surface area (Å²) in [6.45, 7) is 6.84. The summed E-state index contributed by atoms with van der Waals surface area (Å²) in [7, 11) is -3.99. The Kier molecular flexibility index (Phi) is 7.74. The van der Waals surface area contributed by atoms with Crippen LogP contribution >= 0.6 is 11.6 Å². The maximum absolute atomic E-state index is 12.5. The zero-order chi connectivity index (χ0) is 22.5. The number of halogens is 1. The van der Waals surface area contributed by atoms with Crippen LogP contribution in [0.3, 0.4) is 0 Å². The smallest absolute Gasteiger partial charge is 0.308 e. The van der Waals surface area contributed by atoms with E-state index in [0.29, 0.717) is 16.4 Å². The molecule has 2 rings (SSSR count). The summed E-state index contributed by atoms with van der Waals surface area (Å²) in [6.07, 6.45) is -0.108. The number of hydrogen-bond donors (Lipinski definition) is 2. The molecule has 2 aromatic carbocycles. The Labute approximate surface area is 182 Å². The average molecular weight is 455 g/mol. The normalized spacial score (nSPS) is 13.0. The number of carbonyl (C=O) groups excluding carboxylic acids is 1. The molecular formula is C21H27ClN2O5S. The van der Waals surface area contributed by atoms with Crippen molar-refractivity contribution in [3.05, 3.63) is 53.1 Å². The van der Waals surface area contributed by atoms with Gasteiger partial charge in [0.1, 0.15) is 5.60 Å². The number of anilines is 2. The summed E-state index contributed by atoms with van der Waals surface area (Å²) < 4.78 is 35.6. The lowest BCUT2D eigenvalue weighted by Crippen LogP contribution is -2.33. The lowest BCUT2D eigenvalue weighted by molar-refractivity contribution is -0.155. The van der Waals surface area contributed by atoms with E-state index in [2.05, 4.69) is 5.32 Å². The van der Waals surface area contributed by atoms with Gasteiger partial charge in [0.05, 0.1) is 34.7 Å². The molecule has 0 aliphatic rings. The molecule has 9 heteroatoms. The highest BCUT2D eigenvalue weighted by atomic mass is 35.5. The molecule has 2 aromatic rings. The molecule has 3 N–H and O–H groups in total. The highest BCUT2D eigenvalue weighted by Crippen LogP contribution is 2.24. The fourth-order valence-electron chi connectivity index (χ4n) is 2.53. The third-order valence-corrected chi connectivity index (χ3v) is 5.56. The van der Waals surface area contributed by atoms with Crippen molar-refractivity contribution >= 4 is 39.1 Å². The van der Waals surface area contributed by atoms with Crippen molar-refractivity contribution in [2.24, 2.45) is 0 Å². The minimum absolute atomic E-state index is 0.0413. The third-order valence-electron chi connectivity index (χ3n) is 3.94. The second-order valence-electron chi connectivity index (χ2n) is 7.92. The van der Waals surface area contributed by atoms with Crippen molar-refractivity contribution in [1.29, 1.82) is 0 Å². The van der Waals surface area contributed by atoms with Crippen LogP contribution in [0, 0.1) is 6.92 Å². The summed E-state index contributed by atoms with van der Waals surface area (Å²) in [6, 6.07) is 10.5. The van der Waals surface area contributed by atoms with Crippen molar-refractivity contribution in [2.75, 3.05) is 17.7 Å². The Hall–Kier alpha value is -2.29. The van der Waals surface area contributed by atoms with Gasteiger partial charge < -0.3 is 15.8 Å². The molecule has 0 fully saturated rings. The van der Waals surface area contributed by atoms with Crippen LogP contribution in [-0.2, 0) is 23.8 Å². The number of benzene rings is 2. The van der Waals surface area contributed by atoms with Gasteiger partial charge in [-0.3, -0.25) is 8.98 Å². The fourth-order valence-corrected chi connectivity index (χ4v) is 3.66. The van der Waals surface area contributed by atoms with Gasteiger partial charge in [0.15, 0.2) is 0 Å². The Bertz CT molecular complexity index is 985. The van der Waals surface area contributed by atoms with Crippen LogP contribution in [0.4, 0.5) is 11.4 Å². The van der Waals surface area contributed by atoms with Gasteiger partial charge in [-0.15, -0.1) is 0 Å². The number of rotatable bonds is 8. The van der Waals surface area contributed by atoms with Crippen molar-refractivity contribution < 1.29 is 22.1 Å². The van der Waals surface area contributed by atoms with Crippen molar-refractivity contribution in [2.45, 2.75) is 50.7 Å². The van der Waals surface area contributed by atoms with Crippen LogP contribution in [0.5, 0.6) is 0 Å². The number of esters is 1. The van der Waals surface area contributed by atoms with E-state index >= 15 is 0 Å². The second-order valence-corrected chi connectivity index (χ2v) is 9.94. The summed E-state index contributed by atoms with van der Waals surface area (Å²) in [5, 5.41) is 3.40. The molecule has 0 spiro atoms. The first kappa shape index (κ1) is 24.0. The van der Waals surface area contributed by atoms with E-state index in [9.17, 15) is 13.2 Å². The molecule has 0 heterocycles. The van der Waals surface area contributed by atoms with Gasteiger partial charge in [-0.1, -0.05) is 29.3 Å². The molecular weight excluding hydrogens is 428 g/mol. The largest absolute Gasteiger partial charge is 0.460 e. The number of ether oxygens (including phenoxy) is 1. The first-order valence-corrected chi connectivity index (χ1v) is 11.1. The lowest BCUT2D eigenvalue weighted by atomic mass is 10.1. The van der Waals surface area contributed by atoms with Crippen LogP contribution in [0.15, 0.2) is 47.4 Å². The number of carbonyl (C=O) groups is 1. The van der Waals surface area contributed by atoms with Crippen LogP contribution in [-0.4, -0.2) is 32.6 Å². The van der Waals surface area contributed by atoms with Gasteiger partial charge in [0.25, 0.3) is 10.1 Å². The van der Waals surface area contributed by atoms with E-state index in [4.69, 9.17) is 26.3 Å². The molecule has 0 aliphatic carbocycles. The van der Waals surface area contributed by atoms with Crippen LogP contribution in [0.2, 0.25) is 5.02 Å². The highest BCUT2D eigenvalue weighted by Gasteiger charge is 2.24. The van der Waals surface area contributed by atoms with E-state index in [1.807, 2.05) is 6.92 Å². The first-order valence-electron chi connectivity index (χ1n) is 9.35. The average Bonchev–Trinajstić information content (AvgIpc) is 2.61. The number of aryl methyl sites for hydroxylation is 1. The molecule has 0 amide bonds. The zero-order valence-electron chi connectivity index (χ0n) is 17.4. The van der Waals surface area contributed by atoms with Gasteiger partial charge in [0.2, 0.25) is 0 Å². The number of hydrogen-bond acceptors (Lipinski definition) is 7. The van der Waals surface area contributed by atoms with Gasteiger partial charge >= 0.3 is 5.97 Å². The molecule has 0 aliphatic heterocycles. The Balaban J connectivity index is 2.16. The van der Waals surface area contributed by atoms with E-state index < -0.39 is 27.7 Å². The summed E-state index contributed by atoms with van der Waals surface area (Å²) in [5.41, 5.74) is 6.96. The molecule has 0 bridgehead atoms. The van der Waals surface area contributed by atoms with Gasteiger partial charge in [-0.2, -0.15) is 8.42 Å². The van der Waals surface area contributed by atoms with Crippen LogP contribution in [0.1, 0.15) is 32.8 Å². The molecule has 1 atom stereocenters. The molecule has 0 aromatic heterocycles. The van der Waals surface area contributed by atoms with Crippen molar-refractivity contribution in [1.82, 2.24) is 0 Å². The standard InChI is InChI=1S/C21H27ClN2O5S/c1-14-5-8-17(9-6-14)30(26,27)28-13-16(12-20(25)29-21(2,3)4)24-15-7-10-19(23)18(22)11-15/h5-11,16,24H,12-13,23H2,1-4H3/t16-/m0/s1. The van der Waals surface area contributed by atoms with Crippen molar-refractivity contribution in [3.63, 3.8) is 0 Å². The SMILES string of the molecule is Cc1ccc(S(=O)(=O)OC[C@H](CC(=O)OC(C)(C)C)Nc2ccc(N)c(Cl)c2)cc1. The monoisotopic (exact) mass is 454 g/mol. The van der Waals surface area contributed by atoms with Gasteiger partial charge in [0, 0.05) is 5.69 Å². The van der Waals surface area contributed by atoms with E-state index in [1.165, 1.54) is 12.1 Å². The van der Waals surface area contributed by atoms with Crippen LogP contribution < -0.4 is 11.1 Å². The summed E-state index contributed by atoms with van der Waals surface area (Å²) in [4.78, 5) is 12.3. The second kappa shape index (κ2) is 9.68. The molecule has 30 heavy (non-hydrogen) atoms. The quantitative estimate of drug-likeness (QED) is 0.350. The van der Waals surface area contributed by atoms with Gasteiger partial charge in [-0.25, -0.2) is 0 Å². The van der Waals surface area contributed by atoms with E-state index in [-0.39, 0.29) is 17.9 Å². The topological polar surface area (TPSA) is 108 Å². The third kappa shape index (κ3) is 7.51. The lowest BCUT2D eigenvalue weighted by Gasteiger charge is -2.23. The fraction of sp³-hybridized carbons (Fsp3) is 0.381. The Morgan fingerprint density at radius 3 is 2.37 bits per heavy atom. The summed E-state index contributed by atoms with van der Waals surface area (Å²) in [5.74, 6) is -0.488. The first-order chi connectivity index (χ1) is 13.9. The van der Waals surface area contributed by atoms with E-state index in [0.717, 1.165) is 5.56 Å². The van der Waals surface area contributed by atoms with Crippen LogP contribution in [0.25, 0.3) is 0 Å². The maximum atomic E-state index is 12.5. The maximum Gasteiger partial charge on any atom is 0.308 e. The minimum Gasteiger partial charge on any atom is -0.460 e. The number of nitrogens with one attached hydrogen (secondary N) is 1. The number of nitrogen functional groups attached to an aromatic ring is 1. The molecule has 0 saturated carbocycles. The molecule has 0 saturated heterocycles. The predicted molar refractivity (Wildman–Crippen MR) is 118 cm³/mol. The predicted octanol–water partition coefficient (Wildman–Crippen LogP) is 4.15. The zero-order valence-corrected chi connectivity index (χ0v) is 19.0.